The molecular weight excluding hydrogens is 306 g/mol. The van der Waals surface area contributed by atoms with E-state index in [0.717, 1.165) is 22.6 Å². The standard InChI is InChI=1S/C18H25N3O3/c1-6-23-15-9-8-14(10-16(15)24-7-2)11-17(22)19-18-12(3)20-21(5)13(18)4/h8-10H,6-7,11H2,1-5H3,(H,19,22). The van der Waals surface area contributed by atoms with Gasteiger partial charge in [0.25, 0.3) is 0 Å². The molecule has 0 aliphatic heterocycles. The highest BCUT2D eigenvalue weighted by molar-refractivity contribution is 5.93. The Morgan fingerprint density at radius 2 is 1.83 bits per heavy atom. The second-order valence-corrected chi connectivity index (χ2v) is 5.54. The Kier molecular flexibility index (Phi) is 5.84. The van der Waals surface area contributed by atoms with Crippen LogP contribution in [0.4, 0.5) is 5.69 Å². The number of nitrogens with one attached hydrogen (secondary N) is 1. The summed E-state index contributed by atoms with van der Waals surface area (Å²) in [4.78, 5) is 12.4. The molecule has 24 heavy (non-hydrogen) atoms. The van der Waals surface area contributed by atoms with Crippen LogP contribution in [0.25, 0.3) is 0 Å². The van der Waals surface area contributed by atoms with Crippen LogP contribution < -0.4 is 14.8 Å². The van der Waals surface area contributed by atoms with Crippen molar-refractivity contribution in [3.8, 4) is 11.5 Å². The van der Waals surface area contributed by atoms with Crippen LogP contribution in [-0.4, -0.2) is 28.9 Å². The molecule has 1 heterocycles. The highest BCUT2D eigenvalue weighted by atomic mass is 16.5. The molecule has 1 aromatic carbocycles. The van der Waals surface area contributed by atoms with E-state index in [9.17, 15) is 4.79 Å². The van der Waals surface area contributed by atoms with Crippen molar-refractivity contribution in [2.45, 2.75) is 34.1 Å². The Morgan fingerprint density at radius 3 is 2.42 bits per heavy atom. The summed E-state index contributed by atoms with van der Waals surface area (Å²) in [5.74, 6) is 1.28. The summed E-state index contributed by atoms with van der Waals surface area (Å²) in [5, 5.41) is 7.25. The molecular formula is C18H25N3O3. The van der Waals surface area contributed by atoms with Crippen LogP contribution in [0.1, 0.15) is 30.8 Å². The maximum Gasteiger partial charge on any atom is 0.228 e. The third kappa shape index (κ3) is 4.07. The van der Waals surface area contributed by atoms with Crippen LogP contribution in [0.5, 0.6) is 11.5 Å². The van der Waals surface area contributed by atoms with Crippen molar-refractivity contribution in [1.82, 2.24) is 9.78 Å². The van der Waals surface area contributed by atoms with Gasteiger partial charge in [0.2, 0.25) is 5.91 Å². The molecule has 0 saturated heterocycles. The van der Waals surface area contributed by atoms with E-state index in [0.29, 0.717) is 24.7 Å². The summed E-state index contributed by atoms with van der Waals surface area (Å²) < 4.78 is 12.9. The number of nitrogens with zero attached hydrogens (tertiary/aromatic N) is 2. The predicted octanol–water partition coefficient (Wildman–Crippen LogP) is 3.02. The molecule has 0 saturated carbocycles. The first-order chi connectivity index (χ1) is 11.5. The van der Waals surface area contributed by atoms with Gasteiger partial charge in [-0.1, -0.05) is 6.07 Å². The van der Waals surface area contributed by atoms with Crippen molar-refractivity contribution in [1.29, 1.82) is 0 Å². The summed E-state index contributed by atoms with van der Waals surface area (Å²) in [6.45, 7) is 8.77. The molecule has 0 spiro atoms. The summed E-state index contributed by atoms with van der Waals surface area (Å²) in [5.41, 5.74) is 3.39. The molecule has 0 radical (unpaired) electrons. The van der Waals surface area contributed by atoms with Crippen LogP contribution in [0.2, 0.25) is 0 Å². The van der Waals surface area contributed by atoms with E-state index in [1.807, 2.05) is 52.9 Å². The molecule has 0 unspecified atom stereocenters. The minimum atomic E-state index is -0.0826. The smallest absolute Gasteiger partial charge is 0.228 e. The van der Waals surface area contributed by atoms with Crippen molar-refractivity contribution in [2.24, 2.45) is 7.05 Å². The molecule has 6 heteroatoms. The number of hydrogen-bond acceptors (Lipinski definition) is 4. The van der Waals surface area contributed by atoms with E-state index in [4.69, 9.17) is 9.47 Å². The fourth-order valence-corrected chi connectivity index (χ4v) is 2.53. The molecule has 0 bridgehead atoms. The van der Waals surface area contributed by atoms with Gasteiger partial charge in [0, 0.05) is 7.05 Å². The Morgan fingerprint density at radius 1 is 1.17 bits per heavy atom. The number of carbonyl (C=O) groups is 1. The van der Waals surface area contributed by atoms with Crippen molar-refractivity contribution >= 4 is 11.6 Å². The quantitative estimate of drug-likeness (QED) is 0.847. The molecule has 0 aliphatic carbocycles. The van der Waals surface area contributed by atoms with Gasteiger partial charge >= 0.3 is 0 Å². The Balaban J connectivity index is 2.12. The predicted molar refractivity (Wildman–Crippen MR) is 93.8 cm³/mol. The van der Waals surface area contributed by atoms with Gasteiger partial charge in [0.15, 0.2) is 11.5 Å². The zero-order valence-electron chi connectivity index (χ0n) is 15.0. The minimum absolute atomic E-state index is 0.0826. The molecule has 2 rings (SSSR count). The number of aromatic nitrogens is 2. The molecule has 1 aromatic heterocycles. The average molecular weight is 331 g/mol. The van der Waals surface area contributed by atoms with E-state index in [2.05, 4.69) is 10.4 Å². The van der Waals surface area contributed by atoms with Gasteiger partial charge in [0.1, 0.15) is 0 Å². The zero-order chi connectivity index (χ0) is 17.7. The first kappa shape index (κ1) is 17.8. The van der Waals surface area contributed by atoms with E-state index in [1.165, 1.54) is 0 Å². The zero-order valence-corrected chi connectivity index (χ0v) is 15.0. The number of anilines is 1. The number of rotatable bonds is 7. The monoisotopic (exact) mass is 331 g/mol. The lowest BCUT2D eigenvalue weighted by molar-refractivity contribution is -0.115. The van der Waals surface area contributed by atoms with Gasteiger partial charge in [0.05, 0.1) is 36.7 Å². The molecule has 6 nitrogen and oxygen atoms in total. The second-order valence-electron chi connectivity index (χ2n) is 5.54. The van der Waals surface area contributed by atoms with E-state index in [-0.39, 0.29) is 12.3 Å². The highest BCUT2D eigenvalue weighted by Gasteiger charge is 2.14. The van der Waals surface area contributed by atoms with E-state index < -0.39 is 0 Å². The number of carbonyl (C=O) groups excluding carboxylic acids is 1. The molecule has 2 aromatic rings. The number of amides is 1. The van der Waals surface area contributed by atoms with Gasteiger partial charge in [-0.2, -0.15) is 5.10 Å². The van der Waals surface area contributed by atoms with Crippen LogP contribution in [0.3, 0.4) is 0 Å². The second kappa shape index (κ2) is 7.86. The van der Waals surface area contributed by atoms with Crippen molar-refractivity contribution in [2.75, 3.05) is 18.5 Å². The number of ether oxygens (including phenoxy) is 2. The fraction of sp³-hybridized carbons (Fsp3) is 0.444. The minimum Gasteiger partial charge on any atom is -0.490 e. The maximum atomic E-state index is 12.4. The van der Waals surface area contributed by atoms with Crippen LogP contribution in [0, 0.1) is 13.8 Å². The van der Waals surface area contributed by atoms with Crippen molar-refractivity contribution in [3.05, 3.63) is 35.2 Å². The van der Waals surface area contributed by atoms with Gasteiger partial charge in [-0.05, 0) is 45.4 Å². The Hall–Kier alpha value is -2.50. The third-order valence-corrected chi connectivity index (χ3v) is 3.75. The summed E-state index contributed by atoms with van der Waals surface area (Å²) >= 11 is 0. The number of hydrogen-bond donors (Lipinski definition) is 1. The molecule has 1 N–H and O–H groups in total. The van der Waals surface area contributed by atoms with Gasteiger partial charge in [-0.15, -0.1) is 0 Å². The SMILES string of the molecule is CCOc1ccc(CC(=O)Nc2c(C)nn(C)c2C)cc1OCC. The fourth-order valence-electron chi connectivity index (χ4n) is 2.53. The first-order valence-corrected chi connectivity index (χ1v) is 8.14. The number of benzene rings is 1. The van der Waals surface area contributed by atoms with Gasteiger partial charge < -0.3 is 14.8 Å². The summed E-state index contributed by atoms with van der Waals surface area (Å²) in [6.07, 6.45) is 0.264. The Labute approximate surface area is 142 Å². The van der Waals surface area contributed by atoms with Crippen molar-refractivity contribution < 1.29 is 14.3 Å². The molecule has 130 valence electrons. The normalized spacial score (nSPS) is 10.5. The highest BCUT2D eigenvalue weighted by Crippen LogP contribution is 2.29. The number of aryl methyl sites for hydroxylation is 2. The molecule has 1 amide bonds. The summed E-state index contributed by atoms with van der Waals surface area (Å²) in [6, 6.07) is 5.59. The van der Waals surface area contributed by atoms with Gasteiger partial charge in [-0.25, -0.2) is 0 Å². The first-order valence-electron chi connectivity index (χ1n) is 8.14. The Bertz CT molecular complexity index is 723. The van der Waals surface area contributed by atoms with E-state index in [1.54, 1.807) is 4.68 Å². The largest absolute Gasteiger partial charge is 0.490 e. The lowest BCUT2D eigenvalue weighted by Crippen LogP contribution is -2.15. The third-order valence-electron chi connectivity index (χ3n) is 3.75. The molecule has 0 aliphatic rings. The van der Waals surface area contributed by atoms with Crippen molar-refractivity contribution in [3.63, 3.8) is 0 Å². The van der Waals surface area contributed by atoms with Crippen LogP contribution >= 0.6 is 0 Å². The topological polar surface area (TPSA) is 65.4 Å². The lowest BCUT2D eigenvalue weighted by Gasteiger charge is -2.12. The summed E-state index contributed by atoms with van der Waals surface area (Å²) in [7, 11) is 1.86. The van der Waals surface area contributed by atoms with E-state index >= 15 is 0 Å². The molecule has 0 fully saturated rings. The molecule has 0 atom stereocenters. The average Bonchev–Trinajstić information content (AvgIpc) is 2.77. The lowest BCUT2D eigenvalue weighted by atomic mass is 10.1. The van der Waals surface area contributed by atoms with Crippen LogP contribution in [0.15, 0.2) is 18.2 Å². The van der Waals surface area contributed by atoms with Crippen LogP contribution in [-0.2, 0) is 18.3 Å². The maximum absolute atomic E-state index is 12.4. The van der Waals surface area contributed by atoms with Gasteiger partial charge in [-0.3, -0.25) is 9.48 Å².